The van der Waals surface area contributed by atoms with Gasteiger partial charge < -0.3 is 15.7 Å². The molecule has 7 heteroatoms. The fourth-order valence-electron chi connectivity index (χ4n) is 2.70. The van der Waals surface area contributed by atoms with E-state index in [-0.39, 0.29) is 5.92 Å². The van der Waals surface area contributed by atoms with Crippen LogP contribution in [0.1, 0.15) is 24.5 Å². The molecule has 3 N–H and O–H groups in total. The monoisotopic (exact) mass is 290 g/mol. The Kier molecular flexibility index (Phi) is 3.32. The molecule has 0 radical (unpaired) electrons. The number of hydrogen-bond acceptors (Lipinski definition) is 4. The summed E-state index contributed by atoms with van der Waals surface area (Å²) in [4.78, 5) is 12.3. The van der Waals surface area contributed by atoms with Crippen LogP contribution in [0, 0.1) is 5.82 Å². The van der Waals surface area contributed by atoms with Crippen molar-refractivity contribution in [3.8, 4) is 0 Å². The maximum atomic E-state index is 13.9. The van der Waals surface area contributed by atoms with E-state index in [0.717, 1.165) is 0 Å². The minimum atomic E-state index is -0.903. The Hall–Kier alpha value is -2.44. The van der Waals surface area contributed by atoms with Gasteiger partial charge in [0.05, 0.1) is 11.2 Å². The average molecular weight is 290 g/mol. The topological polar surface area (TPSA) is 92.3 Å². The van der Waals surface area contributed by atoms with Gasteiger partial charge in [0, 0.05) is 30.1 Å². The molecule has 6 nitrogen and oxygen atoms in total. The van der Waals surface area contributed by atoms with Gasteiger partial charge in [0.15, 0.2) is 0 Å². The number of hydrogen-bond donors (Lipinski definition) is 2. The van der Waals surface area contributed by atoms with E-state index < -0.39 is 11.9 Å². The first-order chi connectivity index (χ1) is 10.0. The highest BCUT2D eigenvalue weighted by molar-refractivity contribution is 5.82. The molecule has 2 heterocycles. The van der Waals surface area contributed by atoms with Crippen LogP contribution in [-0.4, -0.2) is 39.4 Å². The lowest BCUT2D eigenvalue weighted by atomic mass is 9.93. The maximum Gasteiger partial charge on any atom is 0.407 e. The number of nitrogens with two attached hydrogens (primary N) is 1. The SMILES string of the molecule is Nc1cc(F)c2cc(C3CCN(C(=O)O)CC3)nnc2c1. The van der Waals surface area contributed by atoms with Gasteiger partial charge in [0.25, 0.3) is 0 Å². The maximum absolute atomic E-state index is 13.9. The third-order valence-corrected chi connectivity index (χ3v) is 3.88. The van der Waals surface area contributed by atoms with Crippen molar-refractivity contribution in [2.24, 2.45) is 0 Å². The summed E-state index contributed by atoms with van der Waals surface area (Å²) < 4.78 is 13.9. The number of anilines is 1. The lowest BCUT2D eigenvalue weighted by Crippen LogP contribution is -2.37. The number of piperidine rings is 1. The molecule has 0 aliphatic carbocycles. The number of benzene rings is 1. The van der Waals surface area contributed by atoms with E-state index in [1.807, 2.05) is 0 Å². The van der Waals surface area contributed by atoms with Crippen LogP contribution in [-0.2, 0) is 0 Å². The second kappa shape index (κ2) is 5.16. The van der Waals surface area contributed by atoms with Crippen molar-refractivity contribution in [2.75, 3.05) is 18.8 Å². The van der Waals surface area contributed by atoms with E-state index in [9.17, 15) is 9.18 Å². The number of halogens is 1. The summed E-state index contributed by atoms with van der Waals surface area (Å²) in [6.45, 7) is 0.924. The van der Waals surface area contributed by atoms with Gasteiger partial charge in [-0.05, 0) is 31.0 Å². The van der Waals surface area contributed by atoms with E-state index in [0.29, 0.717) is 48.2 Å². The molecule has 0 bridgehead atoms. The fraction of sp³-hybridized carbons (Fsp3) is 0.357. The molecule has 1 aromatic heterocycles. The predicted octanol–water partition coefficient (Wildman–Crippen LogP) is 2.21. The molecule has 3 rings (SSSR count). The summed E-state index contributed by atoms with van der Waals surface area (Å²) in [7, 11) is 0. The largest absolute Gasteiger partial charge is 0.465 e. The van der Waals surface area contributed by atoms with Crippen LogP contribution < -0.4 is 5.73 Å². The van der Waals surface area contributed by atoms with Gasteiger partial charge in [0.2, 0.25) is 0 Å². The van der Waals surface area contributed by atoms with Crippen LogP contribution >= 0.6 is 0 Å². The van der Waals surface area contributed by atoms with E-state index in [2.05, 4.69) is 10.2 Å². The van der Waals surface area contributed by atoms with Crippen LogP contribution in [0.15, 0.2) is 18.2 Å². The lowest BCUT2D eigenvalue weighted by molar-refractivity contribution is 0.131. The summed E-state index contributed by atoms with van der Waals surface area (Å²) in [6, 6.07) is 4.54. The summed E-state index contributed by atoms with van der Waals surface area (Å²) in [5.41, 5.74) is 7.03. The van der Waals surface area contributed by atoms with Crippen molar-refractivity contribution in [2.45, 2.75) is 18.8 Å². The minimum Gasteiger partial charge on any atom is -0.465 e. The Morgan fingerprint density at radius 3 is 2.67 bits per heavy atom. The number of carbonyl (C=O) groups is 1. The Bertz CT molecular complexity index is 699. The molecular weight excluding hydrogens is 275 g/mol. The van der Waals surface area contributed by atoms with Crippen LogP contribution in [0.3, 0.4) is 0 Å². The lowest BCUT2D eigenvalue weighted by Gasteiger charge is -2.29. The van der Waals surface area contributed by atoms with Gasteiger partial charge in [-0.1, -0.05) is 0 Å². The zero-order valence-corrected chi connectivity index (χ0v) is 11.3. The Balaban J connectivity index is 1.87. The molecule has 21 heavy (non-hydrogen) atoms. The second-order valence-electron chi connectivity index (χ2n) is 5.25. The molecule has 1 aromatic carbocycles. The van der Waals surface area contributed by atoms with Crippen LogP contribution in [0.5, 0.6) is 0 Å². The van der Waals surface area contributed by atoms with Crippen LogP contribution in [0.25, 0.3) is 10.9 Å². The molecule has 1 aliphatic rings. The molecule has 2 aromatic rings. The number of nitrogen functional groups attached to an aromatic ring is 1. The third-order valence-electron chi connectivity index (χ3n) is 3.88. The normalized spacial score (nSPS) is 16.3. The van der Waals surface area contributed by atoms with E-state index >= 15 is 0 Å². The standard InChI is InChI=1S/C14H15FN4O2/c15-11-5-9(16)6-13-10(11)7-12(17-18-13)8-1-3-19(4-2-8)14(20)21/h5-8H,1-4,16H2,(H,20,21). The molecular formula is C14H15FN4O2. The van der Waals surface area contributed by atoms with Crippen molar-refractivity contribution in [1.29, 1.82) is 0 Å². The first-order valence-corrected chi connectivity index (χ1v) is 6.75. The van der Waals surface area contributed by atoms with E-state index in [1.165, 1.54) is 11.0 Å². The van der Waals surface area contributed by atoms with Crippen molar-refractivity contribution >= 4 is 22.7 Å². The highest BCUT2D eigenvalue weighted by atomic mass is 19.1. The molecule has 0 atom stereocenters. The van der Waals surface area contributed by atoms with Gasteiger partial charge in [-0.2, -0.15) is 10.2 Å². The van der Waals surface area contributed by atoms with Crippen LogP contribution in [0.2, 0.25) is 0 Å². The van der Waals surface area contributed by atoms with Crippen molar-refractivity contribution in [3.63, 3.8) is 0 Å². The third kappa shape index (κ3) is 2.58. The Morgan fingerprint density at radius 2 is 2.00 bits per heavy atom. The summed E-state index contributed by atoms with van der Waals surface area (Å²) in [6.07, 6.45) is 0.436. The minimum absolute atomic E-state index is 0.106. The second-order valence-corrected chi connectivity index (χ2v) is 5.25. The smallest absolute Gasteiger partial charge is 0.407 e. The molecule has 110 valence electrons. The molecule has 1 aliphatic heterocycles. The first kappa shape index (κ1) is 13.5. The Labute approximate surface area is 120 Å². The number of rotatable bonds is 1. The molecule has 0 unspecified atom stereocenters. The summed E-state index contributed by atoms with van der Waals surface area (Å²) in [5.74, 6) is -0.307. The van der Waals surface area contributed by atoms with Crippen molar-refractivity contribution in [1.82, 2.24) is 15.1 Å². The Morgan fingerprint density at radius 1 is 1.29 bits per heavy atom. The zero-order valence-electron chi connectivity index (χ0n) is 11.3. The van der Waals surface area contributed by atoms with Gasteiger partial charge in [0.1, 0.15) is 5.82 Å². The molecule has 0 spiro atoms. The van der Waals surface area contributed by atoms with Gasteiger partial charge in [-0.25, -0.2) is 9.18 Å². The molecule has 1 saturated heterocycles. The quantitative estimate of drug-likeness (QED) is 0.785. The zero-order chi connectivity index (χ0) is 15.0. The van der Waals surface area contributed by atoms with Crippen LogP contribution in [0.4, 0.5) is 14.9 Å². The van der Waals surface area contributed by atoms with Crippen molar-refractivity contribution < 1.29 is 14.3 Å². The number of nitrogens with zero attached hydrogens (tertiary/aromatic N) is 3. The van der Waals surface area contributed by atoms with E-state index in [1.54, 1.807) is 12.1 Å². The highest BCUT2D eigenvalue weighted by Crippen LogP contribution is 2.29. The number of likely N-dealkylation sites (tertiary alicyclic amines) is 1. The van der Waals surface area contributed by atoms with Gasteiger partial charge >= 0.3 is 6.09 Å². The first-order valence-electron chi connectivity index (χ1n) is 6.75. The fourth-order valence-corrected chi connectivity index (χ4v) is 2.70. The van der Waals surface area contributed by atoms with E-state index in [4.69, 9.17) is 10.8 Å². The predicted molar refractivity (Wildman–Crippen MR) is 75.5 cm³/mol. The molecule has 0 saturated carbocycles. The van der Waals surface area contributed by atoms with Gasteiger partial charge in [-0.15, -0.1) is 0 Å². The number of amides is 1. The number of aromatic nitrogens is 2. The van der Waals surface area contributed by atoms with Gasteiger partial charge in [-0.3, -0.25) is 0 Å². The number of carboxylic acid groups (broad SMARTS) is 1. The molecule has 1 amide bonds. The molecule has 1 fully saturated rings. The summed E-state index contributed by atoms with van der Waals surface area (Å²) >= 11 is 0. The average Bonchev–Trinajstić information content (AvgIpc) is 2.47. The number of fused-ring (bicyclic) bond motifs is 1. The summed E-state index contributed by atoms with van der Waals surface area (Å²) in [5, 5.41) is 17.5. The highest BCUT2D eigenvalue weighted by Gasteiger charge is 2.24. The van der Waals surface area contributed by atoms with Crippen molar-refractivity contribution in [3.05, 3.63) is 29.7 Å².